The van der Waals surface area contributed by atoms with Crippen LogP contribution in [0, 0.1) is 5.82 Å². The number of allylic oxidation sites excluding steroid dienone is 4. The highest BCUT2D eigenvalue weighted by atomic mass is 19.4. The van der Waals surface area contributed by atoms with Gasteiger partial charge in [0.15, 0.2) is 11.5 Å². The van der Waals surface area contributed by atoms with E-state index in [1.54, 1.807) is 0 Å². The van der Waals surface area contributed by atoms with Crippen LogP contribution in [0.1, 0.15) is 18.4 Å². The number of halogens is 4. The van der Waals surface area contributed by atoms with Gasteiger partial charge < -0.3 is 15.2 Å². The Morgan fingerprint density at radius 3 is 2.68 bits per heavy atom. The van der Waals surface area contributed by atoms with Crippen molar-refractivity contribution in [2.75, 3.05) is 6.54 Å². The van der Waals surface area contributed by atoms with Gasteiger partial charge in [-0.1, -0.05) is 12.2 Å². The van der Waals surface area contributed by atoms with E-state index in [9.17, 15) is 17.6 Å². The van der Waals surface area contributed by atoms with Crippen molar-refractivity contribution in [2.24, 2.45) is 5.73 Å². The van der Waals surface area contributed by atoms with E-state index >= 15 is 0 Å². The van der Waals surface area contributed by atoms with Gasteiger partial charge in [0.1, 0.15) is 5.82 Å². The maximum absolute atomic E-state index is 13.7. The predicted molar refractivity (Wildman–Crippen MR) is 71.8 cm³/mol. The van der Waals surface area contributed by atoms with E-state index in [2.05, 4.69) is 0 Å². The molecular weight excluding hydrogens is 302 g/mol. The molecule has 1 heterocycles. The number of ether oxygens (including phenoxy) is 2. The Hall–Kier alpha value is -2.02. The summed E-state index contributed by atoms with van der Waals surface area (Å²) >= 11 is 0. The summed E-state index contributed by atoms with van der Waals surface area (Å²) in [5.41, 5.74) is 4.72. The Morgan fingerprint density at radius 1 is 1.23 bits per heavy atom. The minimum Gasteiger partial charge on any atom is -0.449 e. The Kier molecular flexibility index (Phi) is 3.60. The summed E-state index contributed by atoms with van der Waals surface area (Å²) in [6.07, 6.45) is -2.26. The summed E-state index contributed by atoms with van der Waals surface area (Å²) in [4.78, 5) is 0. The third kappa shape index (κ3) is 2.56. The zero-order chi connectivity index (χ0) is 15.9. The maximum Gasteiger partial charge on any atom is 0.416 e. The molecule has 3 rings (SSSR count). The zero-order valence-corrected chi connectivity index (χ0v) is 11.4. The molecule has 0 saturated carbocycles. The second-order valence-electron chi connectivity index (χ2n) is 5.01. The van der Waals surface area contributed by atoms with Crippen molar-refractivity contribution in [3.8, 4) is 11.5 Å². The minimum atomic E-state index is -4.52. The number of hydrogen-bond acceptors (Lipinski definition) is 3. The summed E-state index contributed by atoms with van der Waals surface area (Å²) in [5, 5.41) is 0. The van der Waals surface area contributed by atoms with Gasteiger partial charge in [-0.25, -0.2) is 4.39 Å². The summed E-state index contributed by atoms with van der Waals surface area (Å²) in [5.74, 6) is -0.489. The topological polar surface area (TPSA) is 44.5 Å². The van der Waals surface area contributed by atoms with E-state index in [1.807, 2.05) is 0 Å². The van der Waals surface area contributed by atoms with E-state index in [0.717, 1.165) is 18.2 Å². The molecular formula is C15H13F4NO2. The van der Waals surface area contributed by atoms with Gasteiger partial charge in [-0.2, -0.15) is 13.2 Å². The van der Waals surface area contributed by atoms with Crippen molar-refractivity contribution in [3.63, 3.8) is 0 Å². The highest BCUT2D eigenvalue weighted by Gasteiger charge is 2.37. The van der Waals surface area contributed by atoms with Crippen LogP contribution < -0.4 is 15.2 Å². The summed E-state index contributed by atoms with van der Waals surface area (Å²) in [6.45, 7) is 0.0147. The van der Waals surface area contributed by atoms with Crippen LogP contribution in [0.25, 0.3) is 5.57 Å². The normalized spacial score (nSPS) is 20.7. The minimum absolute atomic E-state index is 0.00650. The van der Waals surface area contributed by atoms with E-state index in [0.29, 0.717) is 6.42 Å². The lowest BCUT2D eigenvalue weighted by molar-refractivity contribution is -0.0879. The first-order valence-corrected chi connectivity index (χ1v) is 6.74. The van der Waals surface area contributed by atoms with Crippen LogP contribution in [0.3, 0.4) is 0 Å². The molecule has 1 aliphatic heterocycles. The molecule has 118 valence electrons. The molecule has 0 spiro atoms. The van der Waals surface area contributed by atoms with Crippen LogP contribution in [0.5, 0.6) is 11.5 Å². The van der Waals surface area contributed by atoms with Gasteiger partial charge in [0.05, 0.1) is 12.1 Å². The monoisotopic (exact) mass is 315 g/mol. The quantitative estimate of drug-likeness (QED) is 0.849. The van der Waals surface area contributed by atoms with Crippen molar-refractivity contribution in [1.82, 2.24) is 0 Å². The number of fused-ring (bicyclic) bond motifs is 1. The van der Waals surface area contributed by atoms with Crippen LogP contribution in [0.2, 0.25) is 0 Å². The molecule has 0 bridgehead atoms. The number of hydrogen-bond donors (Lipinski definition) is 1. The lowest BCUT2D eigenvalue weighted by Crippen LogP contribution is -2.28. The second-order valence-corrected chi connectivity index (χ2v) is 5.01. The number of benzene rings is 1. The molecule has 22 heavy (non-hydrogen) atoms. The molecule has 1 unspecified atom stereocenters. The molecule has 7 heteroatoms. The Morgan fingerprint density at radius 2 is 2.00 bits per heavy atom. The fraction of sp³-hybridized carbons (Fsp3) is 0.333. The van der Waals surface area contributed by atoms with Gasteiger partial charge in [-0.3, -0.25) is 0 Å². The van der Waals surface area contributed by atoms with E-state index in [4.69, 9.17) is 15.2 Å². The number of alkyl halides is 3. The first kappa shape index (κ1) is 14.9. The molecule has 0 amide bonds. The predicted octanol–water partition coefficient (Wildman–Crippen LogP) is 3.55. The van der Waals surface area contributed by atoms with Gasteiger partial charge in [0.25, 0.3) is 6.29 Å². The number of rotatable bonds is 2. The van der Waals surface area contributed by atoms with Gasteiger partial charge in [0.2, 0.25) is 0 Å². The highest BCUT2D eigenvalue weighted by Crippen LogP contribution is 2.46. The third-order valence-corrected chi connectivity index (χ3v) is 3.52. The molecule has 3 nitrogen and oxygen atoms in total. The lowest BCUT2D eigenvalue weighted by Gasteiger charge is -2.20. The van der Waals surface area contributed by atoms with Crippen LogP contribution in [-0.2, 0) is 0 Å². The zero-order valence-electron chi connectivity index (χ0n) is 11.4. The SMILES string of the molecule is NCC1Oc2cc(F)cc(C3=C(C(F)(F)F)C=CCC3)c2O1. The second kappa shape index (κ2) is 5.31. The standard InChI is InChI=1S/C15H13F4NO2/c16-8-5-10(14-12(6-8)21-13(7-20)22-14)9-3-1-2-4-11(9)15(17,18)19/h2,4-6,13H,1,3,7,20H2. The van der Waals surface area contributed by atoms with Crippen molar-refractivity contribution >= 4 is 5.57 Å². The first-order chi connectivity index (χ1) is 10.4. The molecule has 0 fully saturated rings. The summed E-state index contributed by atoms with van der Waals surface area (Å²) in [6, 6.07) is 2.13. The van der Waals surface area contributed by atoms with Crippen molar-refractivity contribution in [3.05, 3.63) is 41.2 Å². The molecule has 1 aromatic carbocycles. The molecule has 0 saturated heterocycles. The average molecular weight is 315 g/mol. The van der Waals surface area contributed by atoms with Crippen LogP contribution in [-0.4, -0.2) is 19.0 Å². The molecule has 2 N–H and O–H groups in total. The van der Waals surface area contributed by atoms with Crippen molar-refractivity contribution in [2.45, 2.75) is 25.3 Å². The summed E-state index contributed by atoms with van der Waals surface area (Å²) in [7, 11) is 0. The molecule has 0 radical (unpaired) electrons. The lowest BCUT2D eigenvalue weighted by atomic mass is 9.90. The van der Waals surface area contributed by atoms with E-state index < -0.39 is 23.9 Å². The third-order valence-electron chi connectivity index (χ3n) is 3.52. The summed E-state index contributed by atoms with van der Waals surface area (Å²) < 4.78 is 64.0. The van der Waals surface area contributed by atoms with Crippen LogP contribution in [0.4, 0.5) is 17.6 Å². The van der Waals surface area contributed by atoms with Gasteiger partial charge in [0, 0.05) is 11.6 Å². The average Bonchev–Trinajstić information content (AvgIpc) is 2.88. The smallest absolute Gasteiger partial charge is 0.416 e. The maximum atomic E-state index is 13.7. The van der Waals surface area contributed by atoms with Crippen molar-refractivity contribution < 1.29 is 27.0 Å². The van der Waals surface area contributed by atoms with Gasteiger partial charge in [-0.15, -0.1) is 0 Å². The van der Waals surface area contributed by atoms with Gasteiger partial charge in [-0.05, 0) is 24.5 Å². The molecule has 1 aromatic rings. The van der Waals surface area contributed by atoms with Crippen molar-refractivity contribution in [1.29, 1.82) is 0 Å². The largest absolute Gasteiger partial charge is 0.449 e. The van der Waals surface area contributed by atoms with E-state index in [-0.39, 0.29) is 35.6 Å². The fourth-order valence-corrected chi connectivity index (χ4v) is 2.60. The van der Waals surface area contributed by atoms with Crippen LogP contribution >= 0.6 is 0 Å². The Bertz CT molecular complexity index is 664. The fourth-order valence-electron chi connectivity index (χ4n) is 2.60. The molecule has 2 aliphatic rings. The molecule has 0 aromatic heterocycles. The number of nitrogens with two attached hydrogens (primary N) is 1. The van der Waals surface area contributed by atoms with Gasteiger partial charge >= 0.3 is 6.18 Å². The Labute approximate surface area is 124 Å². The van der Waals surface area contributed by atoms with E-state index in [1.165, 1.54) is 6.08 Å². The van der Waals surface area contributed by atoms with Crippen LogP contribution in [0.15, 0.2) is 29.9 Å². The molecule has 1 aliphatic carbocycles. The Balaban J connectivity index is 2.17. The highest BCUT2D eigenvalue weighted by molar-refractivity contribution is 5.79. The molecule has 1 atom stereocenters. The first-order valence-electron chi connectivity index (χ1n) is 6.74.